The van der Waals surface area contributed by atoms with Gasteiger partial charge in [-0.2, -0.15) is 4.98 Å². The summed E-state index contributed by atoms with van der Waals surface area (Å²) in [5.74, 6) is 2.15. The fourth-order valence-corrected chi connectivity index (χ4v) is 3.25. The van der Waals surface area contributed by atoms with Crippen LogP contribution in [0.1, 0.15) is 55.8 Å². The molecule has 0 spiro atoms. The highest BCUT2D eigenvalue weighted by atomic mass is 35.5. The van der Waals surface area contributed by atoms with Crippen molar-refractivity contribution in [1.82, 2.24) is 10.1 Å². The van der Waals surface area contributed by atoms with Crippen LogP contribution in [0.15, 0.2) is 28.8 Å². The average Bonchev–Trinajstić information content (AvgIpc) is 3.03. The van der Waals surface area contributed by atoms with Crippen LogP contribution in [0.3, 0.4) is 0 Å². The molecule has 1 saturated carbocycles. The maximum Gasteiger partial charge on any atom is 0.231 e. The monoisotopic (exact) mass is 367 g/mol. The fourth-order valence-electron chi connectivity index (χ4n) is 3.25. The van der Waals surface area contributed by atoms with Crippen LogP contribution < -0.4 is 10.5 Å². The molecule has 6 nitrogen and oxygen atoms in total. The van der Waals surface area contributed by atoms with E-state index in [0.717, 1.165) is 37.0 Å². The molecule has 0 saturated heterocycles. The Bertz CT molecular complexity index is 675. The van der Waals surface area contributed by atoms with Crippen LogP contribution in [0.5, 0.6) is 5.75 Å². The van der Waals surface area contributed by atoms with Crippen LogP contribution in [-0.4, -0.2) is 22.8 Å². The molecule has 2 N–H and O–H groups in total. The Morgan fingerprint density at radius 3 is 2.92 bits per heavy atom. The SMILES string of the molecule is COc1cccc(COCc2noc(C3CCCCC3(C)N)n2)c1.Cl. The highest BCUT2D eigenvalue weighted by Gasteiger charge is 2.37. The average molecular weight is 368 g/mol. The lowest BCUT2D eigenvalue weighted by Crippen LogP contribution is -2.44. The summed E-state index contributed by atoms with van der Waals surface area (Å²) in [4.78, 5) is 4.49. The van der Waals surface area contributed by atoms with E-state index in [1.54, 1.807) is 7.11 Å². The van der Waals surface area contributed by atoms with Crippen molar-refractivity contribution in [2.24, 2.45) is 5.73 Å². The van der Waals surface area contributed by atoms with Gasteiger partial charge in [-0.25, -0.2) is 0 Å². The third-order valence-corrected chi connectivity index (χ3v) is 4.67. The van der Waals surface area contributed by atoms with E-state index >= 15 is 0 Å². The zero-order valence-electron chi connectivity index (χ0n) is 14.7. The second kappa shape index (κ2) is 8.65. The zero-order chi connectivity index (χ0) is 17.0. The van der Waals surface area contributed by atoms with Gasteiger partial charge in [-0.05, 0) is 37.5 Å². The first-order chi connectivity index (χ1) is 11.6. The van der Waals surface area contributed by atoms with E-state index in [9.17, 15) is 0 Å². The summed E-state index contributed by atoms with van der Waals surface area (Å²) in [6, 6.07) is 7.79. The smallest absolute Gasteiger partial charge is 0.231 e. The number of methoxy groups -OCH3 is 1. The van der Waals surface area contributed by atoms with E-state index < -0.39 is 0 Å². The molecule has 1 heterocycles. The maximum absolute atomic E-state index is 6.40. The molecule has 138 valence electrons. The molecular weight excluding hydrogens is 342 g/mol. The Hall–Kier alpha value is -1.63. The molecule has 1 aromatic heterocycles. The number of halogens is 1. The fraction of sp³-hybridized carbons (Fsp3) is 0.556. The van der Waals surface area contributed by atoms with Crippen molar-refractivity contribution in [2.45, 2.75) is 57.3 Å². The van der Waals surface area contributed by atoms with Gasteiger partial charge >= 0.3 is 0 Å². The normalized spacial score (nSPS) is 23.1. The minimum atomic E-state index is -0.274. The quantitative estimate of drug-likeness (QED) is 0.839. The van der Waals surface area contributed by atoms with Gasteiger partial charge in [0.25, 0.3) is 0 Å². The van der Waals surface area contributed by atoms with Crippen LogP contribution >= 0.6 is 12.4 Å². The van der Waals surface area contributed by atoms with E-state index in [1.165, 1.54) is 0 Å². The topological polar surface area (TPSA) is 83.4 Å². The van der Waals surface area contributed by atoms with Gasteiger partial charge in [-0.3, -0.25) is 0 Å². The third-order valence-electron chi connectivity index (χ3n) is 4.67. The summed E-state index contributed by atoms with van der Waals surface area (Å²) in [7, 11) is 1.65. The zero-order valence-corrected chi connectivity index (χ0v) is 15.6. The van der Waals surface area contributed by atoms with Crippen LogP contribution in [-0.2, 0) is 18.0 Å². The predicted octanol–water partition coefficient (Wildman–Crippen LogP) is 3.59. The molecule has 25 heavy (non-hydrogen) atoms. The molecule has 2 atom stereocenters. The molecule has 0 bridgehead atoms. The Labute approximate surface area is 154 Å². The van der Waals surface area contributed by atoms with E-state index in [4.69, 9.17) is 19.7 Å². The van der Waals surface area contributed by atoms with E-state index in [1.807, 2.05) is 24.3 Å². The first-order valence-corrected chi connectivity index (χ1v) is 8.40. The largest absolute Gasteiger partial charge is 0.497 e. The molecule has 0 aliphatic heterocycles. The first-order valence-electron chi connectivity index (χ1n) is 8.40. The lowest BCUT2D eigenvalue weighted by molar-refractivity contribution is 0.0998. The number of hydrogen-bond donors (Lipinski definition) is 1. The van der Waals surface area contributed by atoms with Crippen LogP contribution in [0, 0.1) is 0 Å². The van der Waals surface area contributed by atoms with Crippen molar-refractivity contribution in [1.29, 1.82) is 0 Å². The molecule has 1 aliphatic carbocycles. The van der Waals surface area contributed by atoms with Crippen LogP contribution in [0.4, 0.5) is 0 Å². The summed E-state index contributed by atoms with van der Waals surface area (Å²) < 4.78 is 16.3. The summed E-state index contributed by atoms with van der Waals surface area (Å²) in [5, 5.41) is 4.03. The van der Waals surface area contributed by atoms with Crippen molar-refractivity contribution < 1.29 is 14.0 Å². The van der Waals surface area contributed by atoms with Gasteiger partial charge in [-0.1, -0.05) is 30.1 Å². The number of hydrogen-bond acceptors (Lipinski definition) is 6. The molecule has 1 aliphatic rings. The van der Waals surface area contributed by atoms with Gasteiger partial charge < -0.3 is 19.7 Å². The molecule has 3 rings (SSSR count). The van der Waals surface area contributed by atoms with Crippen molar-refractivity contribution in [2.75, 3.05) is 7.11 Å². The number of nitrogens with zero attached hydrogens (tertiary/aromatic N) is 2. The van der Waals surface area contributed by atoms with Gasteiger partial charge in [0.2, 0.25) is 5.89 Å². The number of benzene rings is 1. The lowest BCUT2D eigenvalue weighted by atomic mass is 9.74. The molecule has 2 unspecified atom stereocenters. The number of ether oxygens (including phenoxy) is 2. The molecule has 1 fully saturated rings. The molecular formula is C18H26ClN3O3. The van der Waals surface area contributed by atoms with Crippen LogP contribution in [0.25, 0.3) is 0 Å². The lowest BCUT2D eigenvalue weighted by Gasteiger charge is -2.35. The summed E-state index contributed by atoms with van der Waals surface area (Å²) in [6.45, 7) is 2.85. The molecule has 0 radical (unpaired) electrons. The standard InChI is InChI=1S/C18H25N3O3.ClH/c1-18(19)9-4-3-8-15(18)17-20-16(21-24-17)12-23-11-13-6-5-7-14(10-13)22-2;/h5-7,10,15H,3-4,8-9,11-12,19H2,1-2H3;1H. The summed E-state index contributed by atoms with van der Waals surface area (Å²) in [5.41, 5.74) is 7.16. The first kappa shape index (κ1) is 19.7. The summed E-state index contributed by atoms with van der Waals surface area (Å²) >= 11 is 0. The Kier molecular flexibility index (Phi) is 6.81. The van der Waals surface area contributed by atoms with Gasteiger partial charge in [0.05, 0.1) is 19.6 Å². The number of aromatic nitrogens is 2. The minimum absolute atomic E-state index is 0. The number of rotatable bonds is 6. The van der Waals surface area contributed by atoms with Gasteiger partial charge in [-0.15, -0.1) is 12.4 Å². The van der Waals surface area contributed by atoms with E-state index in [0.29, 0.717) is 24.9 Å². The van der Waals surface area contributed by atoms with Crippen molar-refractivity contribution >= 4 is 12.4 Å². The van der Waals surface area contributed by atoms with Gasteiger partial charge in [0, 0.05) is 5.54 Å². The molecule has 1 aromatic carbocycles. The van der Waals surface area contributed by atoms with Crippen molar-refractivity contribution in [3.05, 3.63) is 41.5 Å². The highest BCUT2D eigenvalue weighted by molar-refractivity contribution is 5.85. The second-order valence-corrected chi connectivity index (χ2v) is 6.70. The molecule has 7 heteroatoms. The van der Waals surface area contributed by atoms with Gasteiger partial charge in [0.1, 0.15) is 12.4 Å². The van der Waals surface area contributed by atoms with Crippen molar-refractivity contribution in [3.63, 3.8) is 0 Å². The molecule has 2 aromatic rings. The van der Waals surface area contributed by atoms with E-state index in [2.05, 4.69) is 17.1 Å². The predicted molar refractivity (Wildman–Crippen MR) is 96.8 cm³/mol. The van der Waals surface area contributed by atoms with E-state index in [-0.39, 0.29) is 23.9 Å². The Morgan fingerprint density at radius 2 is 2.16 bits per heavy atom. The van der Waals surface area contributed by atoms with Crippen LogP contribution in [0.2, 0.25) is 0 Å². The molecule has 0 amide bonds. The Balaban J connectivity index is 0.00000225. The maximum atomic E-state index is 6.40. The summed E-state index contributed by atoms with van der Waals surface area (Å²) in [6.07, 6.45) is 4.30. The third kappa shape index (κ3) is 4.93. The minimum Gasteiger partial charge on any atom is -0.497 e. The number of nitrogens with two attached hydrogens (primary N) is 1. The Morgan fingerprint density at radius 1 is 1.32 bits per heavy atom. The second-order valence-electron chi connectivity index (χ2n) is 6.70. The van der Waals surface area contributed by atoms with Gasteiger partial charge in [0.15, 0.2) is 5.82 Å². The van der Waals surface area contributed by atoms with Crippen molar-refractivity contribution in [3.8, 4) is 5.75 Å². The highest BCUT2D eigenvalue weighted by Crippen LogP contribution is 2.38.